The number of aromatic nitrogens is 1. The van der Waals surface area contributed by atoms with Crippen molar-refractivity contribution in [2.24, 2.45) is 0 Å². The predicted octanol–water partition coefficient (Wildman–Crippen LogP) is 2.94. The van der Waals surface area contributed by atoms with E-state index in [0.717, 1.165) is 0 Å². The highest BCUT2D eigenvalue weighted by Crippen LogP contribution is 2.14. The molecule has 3 heteroatoms. The van der Waals surface area contributed by atoms with Crippen molar-refractivity contribution in [1.82, 2.24) is 4.98 Å². The van der Waals surface area contributed by atoms with Gasteiger partial charge in [0.1, 0.15) is 0 Å². The fraction of sp³-hybridized carbons (Fsp3) is 0.615. The van der Waals surface area contributed by atoms with Gasteiger partial charge in [0.05, 0.1) is 11.8 Å². The van der Waals surface area contributed by atoms with Gasteiger partial charge in [-0.15, -0.1) is 0 Å². The Balaban J connectivity index is 0. The number of nitrogens with zero attached hydrogens (tertiary/aromatic N) is 1. The molecule has 0 saturated carbocycles. The van der Waals surface area contributed by atoms with Crippen molar-refractivity contribution in [3.63, 3.8) is 0 Å². The molecule has 0 radical (unpaired) electrons. The first-order valence-electron chi connectivity index (χ1n) is 6.04. The Morgan fingerprint density at radius 3 is 2.25 bits per heavy atom. The Morgan fingerprint density at radius 1 is 1.19 bits per heavy atom. The topological polar surface area (TPSA) is 53.4 Å². The maximum atomic E-state index is 9.48. The van der Waals surface area contributed by atoms with E-state index in [2.05, 4.69) is 4.98 Å². The van der Waals surface area contributed by atoms with Crippen LogP contribution in [0.15, 0.2) is 24.4 Å². The van der Waals surface area contributed by atoms with Crippen LogP contribution in [-0.2, 0) is 0 Å². The minimum absolute atomic E-state index is 0.115. The summed E-state index contributed by atoms with van der Waals surface area (Å²) in [6, 6.07) is 5.43. The summed E-state index contributed by atoms with van der Waals surface area (Å²) in [5.41, 5.74) is 0.672. The summed E-state index contributed by atoms with van der Waals surface area (Å²) in [5.74, 6) is 0. The Bertz CT molecular complexity index is 214. The van der Waals surface area contributed by atoms with Gasteiger partial charge in [-0.05, 0) is 25.0 Å². The molecule has 1 atom stereocenters. The molecule has 1 rings (SSSR count). The molecule has 0 saturated heterocycles. The van der Waals surface area contributed by atoms with Gasteiger partial charge in [-0.25, -0.2) is 0 Å². The number of hydrogen-bond acceptors (Lipinski definition) is 3. The molecule has 1 aromatic heterocycles. The first-order chi connectivity index (χ1) is 7.84. The van der Waals surface area contributed by atoms with Crippen LogP contribution in [0.25, 0.3) is 0 Å². The van der Waals surface area contributed by atoms with Crippen LogP contribution < -0.4 is 0 Å². The molecule has 0 bridgehead atoms. The summed E-state index contributed by atoms with van der Waals surface area (Å²) in [6.07, 6.45) is 2.28. The standard InChI is InChI=1S/C9H13NO2.2C2H6/c11-7-3-5-9(12)8-4-1-2-6-10-8;2*1-2/h1-2,4,6,9,11-12H,3,5,7H2;2*1-2H3. The largest absolute Gasteiger partial charge is 0.396 e. The van der Waals surface area contributed by atoms with Crippen molar-refractivity contribution in [1.29, 1.82) is 0 Å². The molecule has 0 aliphatic rings. The maximum absolute atomic E-state index is 9.48. The molecule has 0 aromatic carbocycles. The molecule has 0 spiro atoms. The molecule has 0 aliphatic carbocycles. The number of rotatable bonds is 4. The molecule has 0 aliphatic heterocycles. The molecule has 0 fully saturated rings. The minimum Gasteiger partial charge on any atom is -0.396 e. The third-order valence-corrected chi connectivity index (χ3v) is 1.66. The van der Waals surface area contributed by atoms with Crippen LogP contribution in [0, 0.1) is 0 Å². The van der Waals surface area contributed by atoms with Crippen molar-refractivity contribution in [3.8, 4) is 0 Å². The SMILES string of the molecule is CC.CC.OCCCC(O)c1ccccn1. The van der Waals surface area contributed by atoms with E-state index in [1.54, 1.807) is 12.3 Å². The third-order valence-electron chi connectivity index (χ3n) is 1.66. The molecule has 0 amide bonds. The van der Waals surface area contributed by atoms with Crippen LogP contribution in [0.1, 0.15) is 52.3 Å². The molecule has 16 heavy (non-hydrogen) atoms. The number of aliphatic hydroxyl groups excluding tert-OH is 2. The molecular weight excluding hydrogens is 202 g/mol. The predicted molar refractivity (Wildman–Crippen MR) is 68.2 cm³/mol. The molecule has 94 valence electrons. The van der Waals surface area contributed by atoms with Crippen molar-refractivity contribution in [3.05, 3.63) is 30.1 Å². The lowest BCUT2D eigenvalue weighted by Gasteiger charge is -2.07. The van der Waals surface area contributed by atoms with Gasteiger partial charge in [0.15, 0.2) is 0 Å². The molecule has 3 nitrogen and oxygen atoms in total. The zero-order valence-electron chi connectivity index (χ0n) is 10.8. The summed E-state index contributed by atoms with van der Waals surface area (Å²) in [4.78, 5) is 4.00. The summed E-state index contributed by atoms with van der Waals surface area (Å²) < 4.78 is 0. The fourth-order valence-electron chi connectivity index (χ4n) is 1.01. The highest BCUT2D eigenvalue weighted by molar-refractivity contribution is 5.06. The van der Waals surface area contributed by atoms with Gasteiger partial charge in [-0.1, -0.05) is 33.8 Å². The van der Waals surface area contributed by atoms with Gasteiger partial charge in [-0.2, -0.15) is 0 Å². The monoisotopic (exact) mass is 227 g/mol. The summed E-state index contributed by atoms with van der Waals surface area (Å²) >= 11 is 0. The van der Waals surface area contributed by atoms with E-state index in [1.807, 2.05) is 39.8 Å². The quantitative estimate of drug-likeness (QED) is 0.831. The van der Waals surface area contributed by atoms with Crippen LogP contribution in [0.4, 0.5) is 0 Å². The second-order valence-corrected chi connectivity index (χ2v) is 2.64. The molecule has 1 heterocycles. The lowest BCUT2D eigenvalue weighted by atomic mass is 10.1. The van der Waals surface area contributed by atoms with Gasteiger partial charge >= 0.3 is 0 Å². The molecule has 1 aromatic rings. The second kappa shape index (κ2) is 14.1. The Hall–Kier alpha value is -0.930. The molecular formula is C13H25NO2. The average molecular weight is 227 g/mol. The van der Waals surface area contributed by atoms with Gasteiger partial charge in [0.2, 0.25) is 0 Å². The van der Waals surface area contributed by atoms with Gasteiger partial charge in [-0.3, -0.25) is 4.98 Å². The smallest absolute Gasteiger partial charge is 0.0960 e. The van der Waals surface area contributed by atoms with Crippen LogP contribution >= 0.6 is 0 Å². The van der Waals surface area contributed by atoms with Crippen LogP contribution in [0.5, 0.6) is 0 Å². The zero-order valence-corrected chi connectivity index (χ0v) is 10.8. The van der Waals surface area contributed by atoms with Crippen molar-refractivity contribution in [2.75, 3.05) is 6.61 Å². The number of pyridine rings is 1. The van der Waals surface area contributed by atoms with E-state index >= 15 is 0 Å². The average Bonchev–Trinajstić information content (AvgIpc) is 2.41. The normalized spacial score (nSPS) is 10.4. The summed E-state index contributed by atoms with van der Waals surface area (Å²) in [7, 11) is 0. The molecule has 2 N–H and O–H groups in total. The van der Waals surface area contributed by atoms with Gasteiger partial charge in [0, 0.05) is 12.8 Å². The highest BCUT2D eigenvalue weighted by Gasteiger charge is 2.06. The maximum Gasteiger partial charge on any atom is 0.0960 e. The van der Waals surface area contributed by atoms with E-state index in [-0.39, 0.29) is 6.61 Å². The Labute approximate surface area is 99.2 Å². The van der Waals surface area contributed by atoms with Gasteiger partial charge < -0.3 is 10.2 Å². The fourth-order valence-corrected chi connectivity index (χ4v) is 1.01. The van der Waals surface area contributed by atoms with Crippen molar-refractivity contribution in [2.45, 2.75) is 46.6 Å². The first-order valence-corrected chi connectivity index (χ1v) is 6.04. The van der Waals surface area contributed by atoms with E-state index in [0.29, 0.717) is 18.5 Å². The number of hydrogen-bond donors (Lipinski definition) is 2. The van der Waals surface area contributed by atoms with Gasteiger partial charge in [0.25, 0.3) is 0 Å². The Kier molecular flexibility index (Phi) is 15.4. The minimum atomic E-state index is -0.543. The first kappa shape index (κ1) is 17.5. The lowest BCUT2D eigenvalue weighted by Crippen LogP contribution is -2.00. The van der Waals surface area contributed by atoms with Crippen LogP contribution in [0.2, 0.25) is 0 Å². The zero-order chi connectivity index (χ0) is 12.8. The van der Waals surface area contributed by atoms with Crippen LogP contribution in [0.3, 0.4) is 0 Å². The highest BCUT2D eigenvalue weighted by atomic mass is 16.3. The Morgan fingerprint density at radius 2 is 1.81 bits per heavy atom. The second-order valence-electron chi connectivity index (χ2n) is 2.64. The summed E-state index contributed by atoms with van der Waals surface area (Å²) in [6.45, 7) is 8.11. The van der Waals surface area contributed by atoms with E-state index in [4.69, 9.17) is 5.11 Å². The number of aliphatic hydroxyl groups is 2. The lowest BCUT2D eigenvalue weighted by molar-refractivity contribution is 0.147. The third kappa shape index (κ3) is 8.38. The van der Waals surface area contributed by atoms with E-state index in [9.17, 15) is 5.11 Å². The molecule has 1 unspecified atom stereocenters. The van der Waals surface area contributed by atoms with Crippen molar-refractivity contribution < 1.29 is 10.2 Å². The van der Waals surface area contributed by atoms with Crippen molar-refractivity contribution >= 4 is 0 Å². The van der Waals surface area contributed by atoms with Crippen LogP contribution in [-0.4, -0.2) is 21.8 Å². The van der Waals surface area contributed by atoms with E-state index < -0.39 is 6.10 Å². The van der Waals surface area contributed by atoms with E-state index in [1.165, 1.54) is 0 Å². The summed E-state index contributed by atoms with van der Waals surface area (Å²) in [5, 5.41) is 18.0.